The van der Waals surface area contributed by atoms with Gasteiger partial charge in [-0.05, 0) is 24.0 Å². The molecule has 1 aromatic carbocycles. The predicted molar refractivity (Wildman–Crippen MR) is 101 cm³/mol. The highest BCUT2D eigenvalue weighted by Crippen LogP contribution is 2.28. The van der Waals surface area contributed by atoms with E-state index in [0.717, 1.165) is 19.5 Å². The van der Waals surface area contributed by atoms with Crippen molar-refractivity contribution in [1.82, 2.24) is 9.21 Å². The molecule has 144 valence electrons. The lowest BCUT2D eigenvalue weighted by Crippen LogP contribution is -2.51. The third kappa shape index (κ3) is 3.49. The minimum atomic E-state index is -3.52. The summed E-state index contributed by atoms with van der Waals surface area (Å²) < 4.78 is 50.2. The summed E-state index contributed by atoms with van der Waals surface area (Å²) in [5.74, 6) is -0.236. The zero-order chi connectivity index (χ0) is 18.4. The van der Waals surface area contributed by atoms with Gasteiger partial charge in [0.2, 0.25) is 10.0 Å². The van der Waals surface area contributed by atoms with Gasteiger partial charge in [0.1, 0.15) is 0 Å². The van der Waals surface area contributed by atoms with E-state index in [2.05, 4.69) is 28.4 Å². The second-order valence-electron chi connectivity index (χ2n) is 7.37. The third-order valence-electron chi connectivity index (χ3n) is 5.63. The summed E-state index contributed by atoms with van der Waals surface area (Å²) in [7, 11) is -6.72. The molecule has 2 saturated heterocycles. The van der Waals surface area contributed by atoms with Crippen LogP contribution in [0.1, 0.15) is 17.5 Å². The highest BCUT2D eigenvalue weighted by molar-refractivity contribution is 7.95. The van der Waals surface area contributed by atoms with Gasteiger partial charge in [0.15, 0.2) is 9.84 Å². The molecule has 0 saturated carbocycles. The minimum Gasteiger partial charge on any atom is -0.384 e. The maximum Gasteiger partial charge on any atom is 0.218 e. The molecule has 0 aromatic heterocycles. The Kier molecular flexibility index (Phi) is 4.75. The first kappa shape index (κ1) is 18.2. The van der Waals surface area contributed by atoms with E-state index in [1.54, 1.807) is 0 Å². The molecule has 26 heavy (non-hydrogen) atoms. The van der Waals surface area contributed by atoms with Crippen LogP contribution in [-0.2, 0) is 32.8 Å². The summed E-state index contributed by atoms with van der Waals surface area (Å²) in [5, 5.41) is 2.68. The lowest BCUT2D eigenvalue weighted by Gasteiger charge is -2.35. The first-order valence-corrected chi connectivity index (χ1v) is 12.4. The molecule has 0 bridgehead atoms. The van der Waals surface area contributed by atoms with Crippen molar-refractivity contribution in [3.05, 3.63) is 29.3 Å². The average Bonchev–Trinajstić information content (AvgIpc) is 3.22. The van der Waals surface area contributed by atoms with Crippen LogP contribution < -0.4 is 5.32 Å². The molecule has 4 rings (SSSR count). The van der Waals surface area contributed by atoms with Crippen LogP contribution in [0.15, 0.2) is 18.2 Å². The maximum atomic E-state index is 12.7. The number of piperazine rings is 1. The standard InChI is InChI=1S/C17H25N3O4S2/c21-25(22)11-5-16(13-25)26(23,24)20-9-7-19(8-10-20)12-15-3-1-2-14-4-6-18-17(14)15/h1-3,16,18H,4-13H2. The largest absolute Gasteiger partial charge is 0.384 e. The zero-order valence-corrected chi connectivity index (χ0v) is 16.4. The van der Waals surface area contributed by atoms with Crippen LogP contribution in [-0.4, -0.2) is 75.5 Å². The Morgan fingerprint density at radius 1 is 1.15 bits per heavy atom. The number of fused-ring (bicyclic) bond motifs is 1. The van der Waals surface area contributed by atoms with Gasteiger partial charge in [-0.3, -0.25) is 4.90 Å². The number of sulfonamides is 1. The molecule has 1 aromatic rings. The average molecular weight is 400 g/mol. The third-order valence-corrected chi connectivity index (χ3v) is 9.94. The molecule has 1 atom stereocenters. The molecule has 0 amide bonds. The molecule has 0 radical (unpaired) electrons. The van der Waals surface area contributed by atoms with Crippen molar-refractivity contribution in [3.63, 3.8) is 0 Å². The quantitative estimate of drug-likeness (QED) is 0.783. The number of rotatable bonds is 4. The van der Waals surface area contributed by atoms with Crippen LogP contribution in [0.2, 0.25) is 0 Å². The van der Waals surface area contributed by atoms with Gasteiger partial charge in [0.25, 0.3) is 0 Å². The molecule has 7 nitrogen and oxygen atoms in total. The summed E-state index contributed by atoms with van der Waals surface area (Å²) in [6, 6.07) is 6.37. The Labute approximate surface area is 155 Å². The van der Waals surface area contributed by atoms with Gasteiger partial charge in [0, 0.05) is 45.0 Å². The van der Waals surface area contributed by atoms with Gasteiger partial charge in [0.05, 0.1) is 16.8 Å². The topological polar surface area (TPSA) is 86.8 Å². The Balaban J connectivity index is 1.38. The Hall–Kier alpha value is -1.16. The fraction of sp³-hybridized carbons (Fsp3) is 0.647. The monoisotopic (exact) mass is 399 g/mol. The van der Waals surface area contributed by atoms with E-state index in [-0.39, 0.29) is 17.9 Å². The zero-order valence-electron chi connectivity index (χ0n) is 14.7. The van der Waals surface area contributed by atoms with Crippen molar-refractivity contribution in [2.45, 2.75) is 24.6 Å². The number of benzene rings is 1. The Bertz CT molecular complexity index is 891. The van der Waals surface area contributed by atoms with Crippen LogP contribution in [0.5, 0.6) is 0 Å². The second kappa shape index (κ2) is 6.78. The van der Waals surface area contributed by atoms with E-state index in [9.17, 15) is 16.8 Å². The first-order valence-electron chi connectivity index (χ1n) is 9.11. The van der Waals surface area contributed by atoms with E-state index in [4.69, 9.17) is 0 Å². The highest BCUT2D eigenvalue weighted by Gasteiger charge is 2.41. The lowest BCUT2D eigenvalue weighted by atomic mass is 10.1. The van der Waals surface area contributed by atoms with Crippen LogP contribution in [0, 0.1) is 0 Å². The normalized spacial score (nSPS) is 26.5. The molecule has 3 aliphatic rings. The van der Waals surface area contributed by atoms with Crippen molar-refractivity contribution >= 4 is 25.5 Å². The molecule has 1 unspecified atom stereocenters. The van der Waals surface area contributed by atoms with E-state index in [0.29, 0.717) is 26.2 Å². The predicted octanol–water partition coefficient (Wildman–Crippen LogP) is 0.289. The van der Waals surface area contributed by atoms with Gasteiger partial charge in [-0.1, -0.05) is 18.2 Å². The number of anilines is 1. The van der Waals surface area contributed by atoms with Crippen molar-refractivity contribution < 1.29 is 16.8 Å². The van der Waals surface area contributed by atoms with Gasteiger partial charge in [-0.15, -0.1) is 0 Å². The Morgan fingerprint density at radius 2 is 1.92 bits per heavy atom. The molecule has 3 aliphatic heterocycles. The van der Waals surface area contributed by atoms with Gasteiger partial charge >= 0.3 is 0 Å². The highest BCUT2D eigenvalue weighted by atomic mass is 32.2. The summed E-state index contributed by atoms with van der Waals surface area (Å²) >= 11 is 0. The number of para-hydroxylation sites is 1. The molecule has 0 spiro atoms. The van der Waals surface area contributed by atoms with Gasteiger partial charge in [-0.2, -0.15) is 4.31 Å². The molecule has 9 heteroatoms. The van der Waals surface area contributed by atoms with E-state index in [1.807, 2.05) is 0 Å². The van der Waals surface area contributed by atoms with Crippen LogP contribution in [0.3, 0.4) is 0 Å². The number of hydrogen-bond acceptors (Lipinski definition) is 6. The maximum absolute atomic E-state index is 12.7. The molecule has 2 fully saturated rings. The van der Waals surface area contributed by atoms with Gasteiger partial charge < -0.3 is 5.32 Å². The molecule has 0 aliphatic carbocycles. The molecular weight excluding hydrogens is 374 g/mol. The SMILES string of the molecule is O=S1(=O)CCC(S(=O)(=O)N2CCN(Cc3cccc4c3NCC4)CC2)C1. The lowest BCUT2D eigenvalue weighted by molar-refractivity contribution is 0.181. The summed E-state index contributed by atoms with van der Waals surface area (Å²) in [5.41, 5.74) is 3.85. The van der Waals surface area contributed by atoms with E-state index in [1.165, 1.54) is 21.1 Å². The number of nitrogens with zero attached hydrogens (tertiary/aromatic N) is 2. The van der Waals surface area contributed by atoms with Crippen LogP contribution >= 0.6 is 0 Å². The number of hydrogen-bond donors (Lipinski definition) is 1. The van der Waals surface area contributed by atoms with E-state index < -0.39 is 25.1 Å². The summed E-state index contributed by atoms with van der Waals surface area (Å²) in [4.78, 5) is 2.27. The van der Waals surface area contributed by atoms with Crippen LogP contribution in [0.4, 0.5) is 5.69 Å². The molecule has 1 N–H and O–H groups in total. The molecular formula is C17H25N3O4S2. The van der Waals surface area contributed by atoms with Crippen molar-refractivity contribution in [3.8, 4) is 0 Å². The minimum absolute atomic E-state index is 0.0109. The fourth-order valence-corrected chi connectivity index (χ4v) is 8.64. The van der Waals surface area contributed by atoms with Gasteiger partial charge in [-0.25, -0.2) is 16.8 Å². The van der Waals surface area contributed by atoms with Crippen molar-refractivity contribution in [2.24, 2.45) is 0 Å². The molecule has 3 heterocycles. The summed E-state index contributed by atoms with van der Waals surface area (Å²) in [6.45, 7) is 3.98. The van der Waals surface area contributed by atoms with E-state index >= 15 is 0 Å². The smallest absolute Gasteiger partial charge is 0.218 e. The first-order chi connectivity index (χ1) is 12.4. The number of sulfone groups is 1. The van der Waals surface area contributed by atoms with Crippen LogP contribution in [0.25, 0.3) is 0 Å². The summed E-state index contributed by atoms with van der Waals surface area (Å²) in [6.07, 6.45) is 1.28. The fourth-order valence-electron chi connectivity index (χ4n) is 4.13. The van der Waals surface area contributed by atoms with Crippen molar-refractivity contribution in [2.75, 3.05) is 49.5 Å². The number of nitrogens with one attached hydrogen (secondary N) is 1. The second-order valence-corrected chi connectivity index (χ2v) is 11.8. The Morgan fingerprint density at radius 3 is 2.62 bits per heavy atom. The van der Waals surface area contributed by atoms with Crippen molar-refractivity contribution in [1.29, 1.82) is 0 Å².